The fraction of sp³-hybridized carbons (Fsp3) is 0.0513. The summed E-state index contributed by atoms with van der Waals surface area (Å²) < 4.78 is 5.05. The van der Waals surface area contributed by atoms with Gasteiger partial charge in [-0.3, -0.25) is 0 Å². The second-order valence-corrected chi connectivity index (χ2v) is 12.2. The lowest BCUT2D eigenvalue weighted by atomic mass is 9.85. The molecule has 0 fully saturated rings. The summed E-state index contributed by atoms with van der Waals surface area (Å²) in [4.78, 5) is 5.30. The van der Waals surface area contributed by atoms with Crippen molar-refractivity contribution in [2.24, 2.45) is 0 Å². The van der Waals surface area contributed by atoms with Crippen LogP contribution < -0.4 is 0 Å². The van der Waals surface area contributed by atoms with Crippen molar-refractivity contribution in [2.75, 3.05) is 0 Å². The highest BCUT2D eigenvalue weighted by molar-refractivity contribution is 7.26. The van der Waals surface area contributed by atoms with Gasteiger partial charge in [0.05, 0.1) is 22.2 Å². The van der Waals surface area contributed by atoms with E-state index >= 15 is 0 Å². The van der Waals surface area contributed by atoms with Gasteiger partial charge < -0.3 is 4.57 Å². The summed E-state index contributed by atoms with van der Waals surface area (Å²) in [5.74, 6) is 0.270. The van der Waals surface area contributed by atoms with Crippen molar-refractivity contribution in [3.05, 3.63) is 151 Å². The molecule has 5 aromatic carbocycles. The average molecular weight is 555 g/mol. The van der Waals surface area contributed by atoms with E-state index in [1.54, 1.807) is 0 Å². The Kier molecular flexibility index (Phi) is 5.23. The van der Waals surface area contributed by atoms with Gasteiger partial charge in [0.1, 0.15) is 0 Å². The van der Waals surface area contributed by atoms with Gasteiger partial charge in [0.2, 0.25) is 0 Å². The van der Waals surface area contributed by atoms with Gasteiger partial charge in [-0.1, -0.05) is 103 Å². The number of para-hydroxylation sites is 3. The molecule has 1 atom stereocenters. The first-order valence-corrected chi connectivity index (χ1v) is 15.3. The third-order valence-electron chi connectivity index (χ3n) is 8.73. The molecule has 8 aromatic rings. The Labute approximate surface area is 247 Å². The molecule has 42 heavy (non-hydrogen) atoms. The molecule has 3 aromatic heterocycles. The molecular weight excluding hydrogens is 529 g/mol. The topological polar surface area (TPSA) is 17.8 Å². The van der Waals surface area contributed by atoms with Gasteiger partial charge in [-0.25, -0.2) is 4.98 Å². The molecule has 3 heterocycles. The van der Waals surface area contributed by atoms with Crippen LogP contribution >= 0.6 is 11.3 Å². The number of allylic oxidation sites excluding steroid dienone is 4. The summed E-state index contributed by atoms with van der Waals surface area (Å²) in [7, 11) is 0. The molecule has 1 aliphatic carbocycles. The molecule has 198 valence electrons. The van der Waals surface area contributed by atoms with E-state index in [4.69, 9.17) is 4.98 Å². The van der Waals surface area contributed by atoms with Crippen LogP contribution in [-0.4, -0.2) is 9.55 Å². The van der Waals surface area contributed by atoms with E-state index in [0.717, 1.165) is 17.6 Å². The summed E-state index contributed by atoms with van der Waals surface area (Å²) in [6, 6.07) is 43.9. The summed E-state index contributed by atoms with van der Waals surface area (Å²) in [5, 5.41) is 6.39. The molecular formula is C39H26N2S. The molecule has 0 N–H and O–H groups in total. The third kappa shape index (κ3) is 3.54. The fourth-order valence-corrected chi connectivity index (χ4v) is 8.06. The molecule has 0 saturated heterocycles. The standard InChI is InChI=1S/C39H26N2S/c1-5-19-33-31(17-1)39-37(32-18-4-8-22-36(32)42-39)38(40-33)27-13-9-11-25(23-27)26-12-10-14-28(24-26)41-34-20-6-2-15-29(34)30-16-3-7-21-35(30)41/h1-22,24-25H,23H2. The lowest BCUT2D eigenvalue weighted by Crippen LogP contribution is -2.04. The monoisotopic (exact) mass is 554 g/mol. The van der Waals surface area contributed by atoms with Gasteiger partial charge in [-0.2, -0.15) is 0 Å². The van der Waals surface area contributed by atoms with Crippen molar-refractivity contribution >= 4 is 69.8 Å². The summed E-state index contributed by atoms with van der Waals surface area (Å²) in [6.07, 6.45) is 7.76. The van der Waals surface area contributed by atoms with Crippen LogP contribution in [0.5, 0.6) is 0 Å². The molecule has 1 aliphatic rings. The quantitative estimate of drug-likeness (QED) is 0.212. The Morgan fingerprint density at radius 3 is 2.17 bits per heavy atom. The number of benzene rings is 5. The molecule has 3 heteroatoms. The first-order valence-electron chi connectivity index (χ1n) is 14.5. The zero-order chi connectivity index (χ0) is 27.6. The Morgan fingerprint density at radius 2 is 1.36 bits per heavy atom. The predicted octanol–water partition coefficient (Wildman–Crippen LogP) is 10.8. The number of pyridine rings is 1. The minimum absolute atomic E-state index is 0.270. The Morgan fingerprint density at radius 1 is 0.667 bits per heavy atom. The average Bonchev–Trinajstić information content (AvgIpc) is 3.61. The largest absolute Gasteiger partial charge is 0.309 e. The lowest BCUT2D eigenvalue weighted by molar-refractivity contribution is 0.863. The number of aromatic nitrogens is 2. The van der Waals surface area contributed by atoms with Gasteiger partial charge in [0, 0.05) is 47.9 Å². The second kappa shape index (κ2) is 9.27. The van der Waals surface area contributed by atoms with Gasteiger partial charge in [-0.05, 0) is 54.0 Å². The number of hydrogen-bond acceptors (Lipinski definition) is 2. The molecule has 1 unspecified atom stereocenters. The van der Waals surface area contributed by atoms with Gasteiger partial charge >= 0.3 is 0 Å². The van der Waals surface area contributed by atoms with Gasteiger partial charge in [0.15, 0.2) is 0 Å². The molecule has 0 amide bonds. The van der Waals surface area contributed by atoms with Crippen LogP contribution in [0, 0.1) is 0 Å². The maximum atomic E-state index is 5.30. The van der Waals surface area contributed by atoms with Crippen LogP contribution in [0.2, 0.25) is 0 Å². The van der Waals surface area contributed by atoms with Gasteiger partial charge in [0.25, 0.3) is 0 Å². The van der Waals surface area contributed by atoms with E-state index in [9.17, 15) is 0 Å². The molecule has 0 bridgehead atoms. The number of fused-ring (bicyclic) bond motifs is 8. The van der Waals surface area contributed by atoms with E-state index < -0.39 is 0 Å². The zero-order valence-electron chi connectivity index (χ0n) is 22.9. The molecule has 9 rings (SSSR count). The zero-order valence-corrected chi connectivity index (χ0v) is 23.7. The number of nitrogens with zero attached hydrogens (tertiary/aromatic N) is 2. The number of rotatable bonds is 3. The Bertz CT molecular complexity index is 2350. The molecule has 0 radical (unpaired) electrons. The van der Waals surface area contributed by atoms with E-state index in [1.807, 2.05) is 11.3 Å². The Balaban J connectivity index is 1.17. The maximum absolute atomic E-state index is 5.30. The van der Waals surface area contributed by atoms with Crippen LogP contribution in [-0.2, 0) is 0 Å². The Hall–Kier alpha value is -4.99. The minimum atomic E-state index is 0.270. The van der Waals surface area contributed by atoms with Crippen molar-refractivity contribution in [1.82, 2.24) is 9.55 Å². The first-order chi connectivity index (χ1) is 20.8. The smallest absolute Gasteiger partial charge is 0.0762 e. The number of hydrogen-bond donors (Lipinski definition) is 0. The van der Waals surface area contributed by atoms with Crippen LogP contribution in [0.4, 0.5) is 0 Å². The van der Waals surface area contributed by atoms with Crippen molar-refractivity contribution in [3.63, 3.8) is 0 Å². The second-order valence-electron chi connectivity index (χ2n) is 11.1. The predicted molar refractivity (Wildman–Crippen MR) is 180 cm³/mol. The highest BCUT2D eigenvalue weighted by atomic mass is 32.1. The van der Waals surface area contributed by atoms with Crippen molar-refractivity contribution in [2.45, 2.75) is 12.3 Å². The van der Waals surface area contributed by atoms with E-state index in [2.05, 4.69) is 144 Å². The highest BCUT2D eigenvalue weighted by Crippen LogP contribution is 2.44. The van der Waals surface area contributed by atoms with Crippen molar-refractivity contribution in [1.29, 1.82) is 0 Å². The van der Waals surface area contributed by atoms with E-state index in [1.165, 1.54) is 64.2 Å². The van der Waals surface area contributed by atoms with E-state index in [0.29, 0.717) is 0 Å². The molecule has 0 spiro atoms. The first kappa shape index (κ1) is 23.7. The van der Waals surface area contributed by atoms with Gasteiger partial charge in [-0.15, -0.1) is 11.3 Å². The van der Waals surface area contributed by atoms with Crippen LogP contribution in [0.1, 0.15) is 23.6 Å². The molecule has 2 nitrogen and oxygen atoms in total. The normalized spacial score (nSPS) is 15.3. The summed E-state index contributed by atoms with van der Waals surface area (Å²) in [5.41, 5.74) is 8.48. The highest BCUT2D eigenvalue weighted by Gasteiger charge is 2.22. The SMILES string of the molecule is C1=CC(c2cccc(-n3c4ccccc4c4ccccc43)c2)CC(c2nc3ccccc3c3sc4ccccc4c23)=C1. The minimum Gasteiger partial charge on any atom is -0.309 e. The molecule has 0 aliphatic heterocycles. The summed E-state index contributed by atoms with van der Waals surface area (Å²) in [6.45, 7) is 0. The van der Waals surface area contributed by atoms with E-state index in [-0.39, 0.29) is 5.92 Å². The van der Waals surface area contributed by atoms with Crippen LogP contribution in [0.3, 0.4) is 0 Å². The van der Waals surface area contributed by atoms with Crippen molar-refractivity contribution < 1.29 is 0 Å². The summed E-state index contributed by atoms with van der Waals surface area (Å²) >= 11 is 1.88. The third-order valence-corrected chi connectivity index (χ3v) is 9.94. The lowest BCUT2D eigenvalue weighted by Gasteiger charge is -2.21. The number of thiophene rings is 1. The van der Waals surface area contributed by atoms with Crippen LogP contribution in [0.25, 0.3) is 64.1 Å². The fourth-order valence-electron chi connectivity index (χ4n) is 6.82. The molecule has 0 saturated carbocycles. The van der Waals surface area contributed by atoms with Crippen molar-refractivity contribution in [3.8, 4) is 5.69 Å². The van der Waals surface area contributed by atoms with Crippen LogP contribution in [0.15, 0.2) is 140 Å². The maximum Gasteiger partial charge on any atom is 0.0762 e.